The predicted octanol–water partition coefficient (Wildman–Crippen LogP) is 5.01. The van der Waals surface area contributed by atoms with Gasteiger partial charge in [-0.15, -0.1) is 11.3 Å². The van der Waals surface area contributed by atoms with Crippen molar-refractivity contribution >= 4 is 34.0 Å². The Morgan fingerprint density at radius 1 is 1.09 bits per heavy atom. The third kappa shape index (κ3) is 3.94. The smallest absolute Gasteiger partial charge is 0.345 e. The van der Waals surface area contributed by atoms with Crippen LogP contribution in [0.4, 0.5) is 0 Å². The fourth-order valence-electron chi connectivity index (χ4n) is 3.25. The predicted molar refractivity (Wildman–Crippen MR) is 123 cm³/mol. The van der Waals surface area contributed by atoms with Crippen molar-refractivity contribution in [3.8, 4) is 34.6 Å². The van der Waals surface area contributed by atoms with Crippen LogP contribution in [-0.4, -0.2) is 26.3 Å². The van der Waals surface area contributed by atoms with Gasteiger partial charge in [0.05, 0.1) is 38.2 Å². The number of fused-ring (bicyclic) bond motifs is 1. The highest BCUT2D eigenvalue weighted by Gasteiger charge is 2.16. The van der Waals surface area contributed by atoms with Crippen LogP contribution < -0.4 is 19.8 Å². The first-order chi connectivity index (χ1) is 15.6. The van der Waals surface area contributed by atoms with Gasteiger partial charge < -0.3 is 18.6 Å². The number of nitriles is 1. The van der Waals surface area contributed by atoms with Gasteiger partial charge in [0.2, 0.25) is 5.75 Å². The SMILES string of the molecule is COc1cc(/C=C(/C#N)c2nc(-c3cc4ccccc4oc3=O)cs2)cc(OC)c1OC. The number of hydrogen-bond acceptors (Lipinski definition) is 8. The van der Waals surface area contributed by atoms with Crippen LogP contribution in [0.1, 0.15) is 10.6 Å². The van der Waals surface area contributed by atoms with Crippen molar-refractivity contribution in [3.05, 3.63) is 68.8 Å². The number of para-hydroxylation sites is 1. The molecular weight excluding hydrogens is 428 g/mol. The minimum Gasteiger partial charge on any atom is -0.493 e. The number of aromatic nitrogens is 1. The number of methoxy groups -OCH3 is 3. The number of hydrogen-bond donors (Lipinski definition) is 0. The first-order valence-corrected chi connectivity index (χ1v) is 10.4. The molecule has 160 valence electrons. The standard InChI is InChI=1S/C24H18N2O5S/c1-28-20-9-14(10-21(29-2)22(20)30-3)8-16(12-25)23-26-18(13-32-23)17-11-15-6-4-5-7-19(15)31-24(17)27/h4-11,13H,1-3H3/b16-8-. The normalized spacial score (nSPS) is 11.2. The van der Waals surface area contributed by atoms with E-state index in [4.69, 9.17) is 18.6 Å². The van der Waals surface area contributed by atoms with Gasteiger partial charge >= 0.3 is 5.63 Å². The molecule has 0 atom stereocenters. The molecule has 0 aliphatic rings. The highest BCUT2D eigenvalue weighted by Crippen LogP contribution is 2.39. The van der Waals surface area contributed by atoms with Crippen LogP contribution in [0.3, 0.4) is 0 Å². The van der Waals surface area contributed by atoms with E-state index < -0.39 is 5.63 Å². The third-order valence-corrected chi connectivity index (χ3v) is 5.65. The molecule has 4 aromatic rings. The lowest BCUT2D eigenvalue weighted by Gasteiger charge is -2.13. The molecule has 7 nitrogen and oxygen atoms in total. The number of ether oxygens (including phenoxy) is 3. The second-order valence-corrected chi connectivity index (χ2v) is 7.51. The molecule has 0 radical (unpaired) electrons. The molecule has 32 heavy (non-hydrogen) atoms. The number of rotatable bonds is 6. The second-order valence-electron chi connectivity index (χ2n) is 6.65. The molecule has 4 rings (SSSR count). The van der Waals surface area contributed by atoms with Crippen LogP contribution in [0.15, 0.2) is 57.1 Å². The Kier molecular flexibility index (Phi) is 5.92. The first-order valence-electron chi connectivity index (χ1n) is 9.49. The first kappa shape index (κ1) is 21.2. The van der Waals surface area contributed by atoms with E-state index in [0.717, 1.165) is 5.39 Å². The molecule has 2 aromatic heterocycles. The van der Waals surface area contributed by atoms with Crippen molar-refractivity contribution in [1.82, 2.24) is 4.98 Å². The quantitative estimate of drug-likeness (QED) is 0.304. The molecule has 8 heteroatoms. The van der Waals surface area contributed by atoms with E-state index in [-0.39, 0.29) is 0 Å². The number of thiazole rings is 1. The van der Waals surface area contributed by atoms with E-state index in [1.54, 1.807) is 41.8 Å². The molecule has 0 N–H and O–H groups in total. The zero-order valence-corrected chi connectivity index (χ0v) is 18.4. The molecule has 0 aliphatic heterocycles. The van der Waals surface area contributed by atoms with Gasteiger partial charge in [0.15, 0.2) is 11.5 Å². The summed E-state index contributed by atoms with van der Waals surface area (Å²) in [7, 11) is 4.58. The molecule has 2 aromatic carbocycles. The fourth-order valence-corrected chi connectivity index (χ4v) is 4.04. The molecule has 0 spiro atoms. The van der Waals surface area contributed by atoms with E-state index in [1.807, 2.05) is 12.1 Å². The maximum atomic E-state index is 12.5. The molecule has 0 bridgehead atoms. The van der Waals surface area contributed by atoms with E-state index in [0.29, 0.717) is 50.2 Å². The lowest BCUT2D eigenvalue weighted by atomic mass is 10.1. The Morgan fingerprint density at radius 2 is 1.81 bits per heavy atom. The van der Waals surface area contributed by atoms with E-state index in [9.17, 15) is 10.1 Å². The van der Waals surface area contributed by atoms with Gasteiger partial charge in [-0.1, -0.05) is 18.2 Å². The van der Waals surface area contributed by atoms with E-state index in [1.165, 1.54) is 32.7 Å². The average molecular weight is 446 g/mol. The summed E-state index contributed by atoms with van der Waals surface area (Å²) in [6, 6.07) is 14.7. The molecule has 0 saturated carbocycles. The van der Waals surface area contributed by atoms with Crippen molar-refractivity contribution < 1.29 is 18.6 Å². The summed E-state index contributed by atoms with van der Waals surface area (Å²) in [5.41, 5.74) is 1.84. The minimum atomic E-state index is -0.479. The lowest BCUT2D eigenvalue weighted by Crippen LogP contribution is -2.02. The zero-order chi connectivity index (χ0) is 22.7. The lowest BCUT2D eigenvalue weighted by molar-refractivity contribution is 0.324. The van der Waals surface area contributed by atoms with Crippen LogP contribution in [0.2, 0.25) is 0 Å². The molecule has 0 saturated heterocycles. The van der Waals surface area contributed by atoms with Crippen molar-refractivity contribution in [2.24, 2.45) is 0 Å². The molecule has 0 unspecified atom stereocenters. The Balaban J connectivity index is 1.75. The molecule has 2 heterocycles. The number of allylic oxidation sites excluding steroid dienone is 1. The van der Waals surface area contributed by atoms with Gasteiger partial charge in [0, 0.05) is 10.8 Å². The Hall–Kier alpha value is -4.09. The monoisotopic (exact) mass is 446 g/mol. The summed E-state index contributed by atoms with van der Waals surface area (Å²) >= 11 is 1.27. The minimum absolute atomic E-state index is 0.334. The van der Waals surface area contributed by atoms with Crippen LogP contribution >= 0.6 is 11.3 Å². The van der Waals surface area contributed by atoms with Crippen LogP contribution in [0, 0.1) is 11.3 Å². The van der Waals surface area contributed by atoms with Crippen molar-refractivity contribution in [1.29, 1.82) is 5.26 Å². The highest BCUT2D eigenvalue weighted by molar-refractivity contribution is 7.11. The van der Waals surface area contributed by atoms with E-state index in [2.05, 4.69) is 11.1 Å². The zero-order valence-electron chi connectivity index (χ0n) is 17.5. The van der Waals surface area contributed by atoms with E-state index >= 15 is 0 Å². The van der Waals surface area contributed by atoms with Crippen LogP contribution in [0.25, 0.3) is 33.9 Å². The van der Waals surface area contributed by atoms with Gasteiger partial charge in [-0.25, -0.2) is 9.78 Å². The molecule has 0 fully saturated rings. The summed E-state index contributed by atoms with van der Waals surface area (Å²) in [4.78, 5) is 17.0. The van der Waals surface area contributed by atoms with Crippen LogP contribution in [0.5, 0.6) is 17.2 Å². The summed E-state index contributed by atoms with van der Waals surface area (Å²) < 4.78 is 21.5. The van der Waals surface area contributed by atoms with Crippen LogP contribution in [-0.2, 0) is 0 Å². The Labute approximate surface area is 187 Å². The summed E-state index contributed by atoms with van der Waals surface area (Å²) in [6.45, 7) is 0. The second kappa shape index (κ2) is 8.96. The molecule has 0 amide bonds. The van der Waals surface area contributed by atoms with Gasteiger partial charge in [-0.05, 0) is 35.9 Å². The third-order valence-electron chi connectivity index (χ3n) is 4.77. The fraction of sp³-hybridized carbons (Fsp3) is 0.125. The van der Waals surface area contributed by atoms with Gasteiger partial charge in [0.25, 0.3) is 0 Å². The van der Waals surface area contributed by atoms with Crippen molar-refractivity contribution in [2.75, 3.05) is 21.3 Å². The number of benzene rings is 2. The maximum Gasteiger partial charge on any atom is 0.345 e. The van der Waals surface area contributed by atoms with Gasteiger partial charge in [0.1, 0.15) is 16.7 Å². The number of nitrogens with zero attached hydrogens (tertiary/aromatic N) is 2. The topological polar surface area (TPSA) is 94.6 Å². The van der Waals surface area contributed by atoms with Crippen molar-refractivity contribution in [3.63, 3.8) is 0 Å². The summed E-state index contributed by atoms with van der Waals surface area (Å²) in [6.07, 6.45) is 1.68. The Morgan fingerprint density at radius 3 is 2.47 bits per heavy atom. The van der Waals surface area contributed by atoms with Gasteiger partial charge in [-0.2, -0.15) is 5.26 Å². The highest BCUT2D eigenvalue weighted by atomic mass is 32.1. The Bertz CT molecular complexity index is 1400. The summed E-state index contributed by atoms with van der Waals surface area (Å²) in [5.74, 6) is 1.42. The summed E-state index contributed by atoms with van der Waals surface area (Å²) in [5, 5.41) is 12.8. The largest absolute Gasteiger partial charge is 0.493 e. The van der Waals surface area contributed by atoms with Gasteiger partial charge in [-0.3, -0.25) is 0 Å². The molecular formula is C24H18N2O5S. The average Bonchev–Trinajstić information content (AvgIpc) is 3.31. The maximum absolute atomic E-state index is 12.5. The molecule has 0 aliphatic carbocycles. The van der Waals surface area contributed by atoms with Crippen molar-refractivity contribution in [2.45, 2.75) is 0 Å².